The molecule has 12 nitrogen and oxygen atoms in total. The van der Waals surface area contributed by atoms with Crippen LogP contribution in [0.3, 0.4) is 0 Å². The summed E-state index contributed by atoms with van der Waals surface area (Å²) < 4.78 is 37.9. The van der Waals surface area contributed by atoms with Crippen molar-refractivity contribution in [1.29, 1.82) is 0 Å². The molecule has 0 atom stereocenters. The Labute approximate surface area is 288 Å². The van der Waals surface area contributed by atoms with Gasteiger partial charge in [0.15, 0.2) is 0 Å². The minimum Gasteiger partial charge on any atom is -0.495 e. The zero-order valence-corrected chi connectivity index (χ0v) is 29.6. The fourth-order valence-electron chi connectivity index (χ4n) is 5.37. The van der Waals surface area contributed by atoms with Gasteiger partial charge in [-0.15, -0.1) is 5.11 Å². The average Bonchev–Trinajstić information content (AvgIpc) is 3.14. The van der Waals surface area contributed by atoms with Crippen LogP contribution in [0.4, 0.5) is 34.1 Å². The van der Waals surface area contributed by atoms with Crippen LogP contribution in [0, 0.1) is 0 Å². The number of aliphatic hydroxyl groups excluding tert-OH is 2. The topological polar surface area (TPSA) is 149 Å². The number of ether oxygens (including phenoxy) is 2. The Morgan fingerprint density at radius 1 is 0.571 bits per heavy atom. The quantitative estimate of drug-likeness (QED) is 0.112. The summed E-state index contributed by atoms with van der Waals surface area (Å²) in [5.41, 5.74) is 4.80. The molecule has 4 rings (SSSR count). The van der Waals surface area contributed by atoms with Crippen molar-refractivity contribution in [2.75, 3.05) is 50.2 Å². The molecule has 0 saturated heterocycles. The highest BCUT2D eigenvalue weighted by Gasteiger charge is 2.19. The standard InChI is InChI=1S/C36H44N6O6S/c1-7-41(8-2)33-22-35(47-5)32(19-26(33)24-44)40-38-28-13-17-30(18-14-28)49(45,46)29-15-11-27(12-16-29)37-39-31-21-36(48-6)34(20-25(31)23-43)42(9-3)10-4/h11-22,43-44H,7-10,23-24H2,1-6H3/b39-37+,40-38+. The van der Waals surface area contributed by atoms with Gasteiger partial charge in [-0.1, -0.05) is 0 Å². The Bertz CT molecular complexity index is 1740. The van der Waals surface area contributed by atoms with Crippen LogP contribution in [0.2, 0.25) is 0 Å². The highest BCUT2D eigenvalue weighted by molar-refractivity contribution is 7.91. The van der Waals surface area contributed by atoms with E-state index in [9.17, 15) is 18.6 Å². The molecular weight excluding hydrogens is 644 g/mol. The Hall–Kier alpha value is -4.85. The fourth-order valence-corrected chi connectivity index (χ4v) is 6.63. The third-order valence-corrected chi connectivity index (χ3v) is 9.94. The minimum absolute atomic E-state index is 0.0941. The van der Waals surface area contributed by atoms with Gasteiger partial charge in [0, 0.05) is 55.1 Å². The van der Waals surface area contributed by atoms with Crippen LogP contribution >= 0.6 is 0 Å². The van der Waals surface area contributed by atoms with E-state index in [1.165, 1.54) is 24.3 Å². The van der Waals surface area contributed by atoms with Gasteiger partial charge in [-0.05, 0) is 88.4 Å². The van der Waals surface area contributed by atoms with Crippen molar-refractivity contribution in [3.8, 4) is 11.5 Å². The van der Waals surface area contributed by atoms with Crippen molar-refractivity contribution in [2.45, 2.75) is 50.7 Å². The predicted octanol–water partition coefficient (Wildman–Crippen LogP) is 8.04. The largest absolute Gasteiger partial charge is 0.495 e. The number of azo groups is 2. The number of rotatable bonds is 16. The monoisotopic (exact) mass is 688 g/mol. The van der Waals surface area contributed by atoms with Crippen molar-refractivity contribution >= 4 is 44.0 Å². The summed E-state index contributed by atoms with van der Waals surface area (Å²) in [7, 11) is -0.707. The van der Waals surface area contributed by atoms with E-state index in [0.29, 0.717) is 45.4 Å². The smallest absolute Gasteiger partial charge is 0.206 e. The molecule has 260 valence electrons. The van der Waals surface area contributed by atoms with Crippen molar-refractivity contribution in [1.82, 2.24) is 0 Å². The van der Waals surface area contributed by atoms with Crippen molar-refractivity contribution in [3.63, 3.8) is 0 Å². The van der Waals surface area contributed by atoms with Gasteiger partial charge in [0.25, 0.3) is 0 Å². The number of benzene rings is 4. The number of hydrogen-bond acceptors (Lipinski definition) is 12. The molecule has 0 radical (unpaired) electrons. The minimum atomic E-state index is -3.83. The molecule has 0 unspecified atom stereocenters. The zero-order valence-electron chi connectivity index (χ0n) is 28.8. The summed E-state index contributed by atoms with van der Waals surface area (Å²) in [6, 6.07) is 19.3. The second kappa shape index (κ2) is 17.0. The molecule has 0 saturated carbocycles. The van der Waals surface area contributed by atoms with Crippen LogP contribution in [0.25, 0.3) is 0 Å². The second-order valence-corrected chi connectivity index (χ2v) is 12.8. The number of sulfone groups is 1. The first-order valence-corrected chi connectivity index (χ1v) is 17.6. The van der Waals surface area contributed by atoms with Crippen LogP contribution in [-0.2, 0) is 23.1 Å². The van der Waals surface area contributed by atoms with Gasteiger partial charge in [-0.25, -0.2) is 8.42 Å². The van der Waals surface area contributed by atoms with Crippen LogP contribution in [0.1, 0.15) is 38.8 Å². The first kappa shape index (κ1) is 37.0. The summed E-state index contributed by atoms with van der Waals surface area (Å²) in [5.74, 6) is 1.12. The Morgan fingerprint density at radius 3 is 1.49 bits per heavy atom. The maximum atomic E-state index is 13.4. The summed E-state index contributed by atoms with van der Waals surface area (Å²) in [6.07, 6.45) is 0. The number of aliphatic hydroxyl groups is 2. The van der Waals surface area contributed by atoms with Crippen LogP contribution < -0.4 is 19.3 Å². The number of methoxy groups -OCH3 is 2. The van der Waals surface area contributed by atoms with Crippen LogP contribution in [0.5, 0.6) is 11.5 Å². The summed E-state index contributed by atoms with van der Waals surface area (Å²) in [4.78, 5) is 4.42. The Balaban J connectivity index is 1.52. The molecular formula is C36H44N6O6S. The molecule has 0 spiro atoms. The molecule has 0 heterocycles. The average molecular weight is 689 g/mol. The zero-order chi connectivity index (χ0) is 35.6. The van der Waals surface area contributed by atoms with Gasteiger partial charge < -0.3 is 29.5 Å². The van der Waals surface area contributed by atoms with E-state index in [-0.39, 0.29) is 23.0 Å². The molecule has 0 amide bonds. The van der Waals surface area contributed by atoms with Gasteiger partial charge in [0.2, 0.25) is 9.84 Å². The molecule has 0 aliphatic carbocycles. The summed E-state index contributed by atoms with van der Waals surface area (Å²) in [5, 5.41) is 37.2. The van der Waals surface area contributed by atoms with E-state index >= 15 is 0 Å². The molecule has 4 aromatic carbocycles. The first-order valence-electron chi connectivity index (χ1n) is 16.1. The maximum Gasteiger partial charge on any atom is 0.206 e. The molecule has 2 N–H and O–H groups in total. The van der Waals surface area contributed by atoms with Crippen LogP contribution in [-0.4, -0.2) is 59.0 Å². The van der Waals surface area contributed by atoms with Gasteiger partial charge in [-0.2, -0.15) is 15.3 Å². The highest BCUT2D eigenvalue weighted by atomic mass is 32.2. The molecule has 49 heavy (non-hydrogen) atoms. The third kappa shape index (κ3) is 8.42. The lowest BCUT2D eigenvalue weighted by molar-refractivity contribution is 0.281. The molecule has 0 aliphatic heterocycles. The fraction of sp³-hybridized carbons (Fsp3) is 0.333. The highest BCUT2D eigenvalue weighted by Crippen LogP contribution is 2.38. The van der Waals surface area contributed by atoms with E-state index in [2.05, 4.69) is 30.3 Å². The molecule has 4 aromatic rings. The van der Waals surface area contributed by atoms with Gasteiger partial charge in [0.05, 0.1) is 60.0 Å². The van der Waals surface area contributed by atoms with E-state index < -0.39 is 9.84 Å². The number of hydrogen-bond donors (Lipinski definition) is 2. The van der Waals surface area contributed by atoms with E-state index in [1.807, 2.05) is 39.8 Å². The molecule has 0 bridgehead atoms. The summed E-state index contributed by atoms with van der Waals surface area (Å²) in [6.45, 7) is 10.9. The second-order valence-electron chi connectivity index (χ2n) is 10.9. The molecule has 0 aliphatic rings. The summed E-state index contributed by atoms with van der Waals surface area (Å²) >= 11 is 0. The normalized spacial score (nSPS) is 11.8. The Morgan fingerprint density at radius 2 is 1.04 bits per heavy atom. The maximum absolute atomic E-state index is 13.4. The van der Waals surface area contributed by atoms with E-state index in [1.54, 1.807) is 50.6 Å². The first-order chi connectivity index (χ1) is 23.7. The SMILES string of the molecule is CCN(CC)c1cc(OC)c(/N=N/c2ccc(S(=O)(=O)c3ccc(/N=N/c4cc(OC)c(N(CC)CC)cc4CO)cc3)cc2)cc1CO. The lowest BCUT2D eigenvalue weighted by Gasteiger charge is -2.24. The number of anilines is 2. The van der Waals surface area contributed by atoms with Gasteiger partial charge in [-0.3, -0.25) is 0 Å². The third-order valence-electron chi connectivity index (χ3n) is 8.15. The molecule has 13 heteroatoms. The lowest BCUT2D eigenvalue weighted by atomic mass is 10.1. The predicted molar refractivity (Wildman–Crippen MR) is 192 cm³/mol. The Kier molecular flexibility index (Phi) is 12.8. The lowest BCUT2D eigenvalue weighted by Crippen LogP contribution is -2.23. The van der Waals surface area contributed by atoms with E-state index in [4.69, 9.17) is 9.47 Å². The van der Waals surface area contributed by atoms with Crippen LogP contribution in [0.15, 0.2) is 103 Å². The van der Waals surface area contributed by atoms with Gasteiger partial charge in [0.1, 0.15) is 17.2 Å². The molecule has 0 aromatic heterocycles. The van der Waals surface area contributed by atoms with E-state index in [0.717, 1.165) is 37.6 Å². The van der Waals surface area contributed by atoms with Crippen molar-refractivity contribution in [3.05, 3.63) is 83.9 Å². The van der Waals surface area contributed by atoms with Gasteiger partial charge >= 0.3 is 0 Å². The van der Waals surface area contributed by atoms with Crippen molar-refractivity contribution < 1.29 is 28.1 Å². The number of nitrogens with zero attached hydrogens (tertiary/aromatic N) is 6. The van der Waals surface area contributed by atoms with Crippen molar-refractivity contribution in [2.24, 2.45) is 20.5 Å². The molecule has 0 fully saturated rings.